The number of anilines is 2. The number of imidazole rings is 1. The Morgan fingerprint density at radius 2 is 1.97 bits per heavy atom. The third-order valence-corrected chi connectivity index (χ3v) is 7.44. The van der Waals surface area contributed by atoms with Gasteiger partial charge in [0.05, 0.1) is 28.8 Å². The molecule has 3 aliphatic rings. The van der Waals surface area contributed by atoms with Crippen LogP contribution in [0.2, 0.25) is 5.02 Å². The van der Waals surface area contributed by atoms with E-state index in [1.807, 2.05) is 17.5 Å². The quantitative estimate of drug-likeness (QED) is 0.575. The second-order valence-corrected chi connectivity index (χ2v) is 10.0. The average Bonchev–Trinajstić information content (AvgIpc) is 3.37. The summed E-state index contributed by atoms with van der Waals surface area (Å²) in [6, 6.07) is 3.40. The molecule has 33 heavy (non-hydrogen) atoms. The molecule has 0 radical (unpaired) electrons. The van der Waals surface area contributed by atoms with Crippen molar-refractivity contribution in [3.05, 3.63) is 47.3 Å². The van der Waals surface area contributed by atoms with Crippen LogP contribution in [-0.2, 0) is 0 Å². The molecule has 2 aliphatic carbocycles. The number of nitrogens with one attached hydrogen (secondary N) is 2. The third-order valence-electron chi connectivity index (χ3n) is 7.16. The van der Waals surface area contributed by atoms with Crippen molar-refractivity contribution in [3.63, 3.8) is 0 Å². The average molecular weight is 466 g/mol. The van der Waals surface area contributed by atoms with Gasteiger partial charge in [0.25, 0.3) is 5.91 Å². The first-order chi connectivity index (χ1) is 16.0. The summed E-state index contributed by atoms with van der Waals surface area (Å²) < 4.78 is 1.81. The van der Waals surface area contributed by atoms with E-state index in [1.54, 1.807) is 24.7 Å². The number of aromatic nitrogens is 4. The summed E-state index contributed by atoms with van der Waals surface area (Å²) in [6.07, 6.45) is 14.6. The lowest BCUT2D eigenvalue weighted by Gasteiger charge is -2.40. The molecule has 1 unspecified atom stereocenters. The van der Waals surface area contributed by atoms with Gasteiger partial charge in [-0.05, 0) is 51.0 Å². The lowest BCUT2D eigenvalue weighted by atomic mass is 9.77. The van der Waals surface area contributed by atoms with Crippen LogP contribution in [0.3, 0.4) is 0 Å². The predicted octanol–water partition coefficient (Wildman–Crippen LogP) is 3.84. The minimum Gasteiger partial charge on any atom is -0.350 e. The number of pyridine rings is 1. The highest BCUT2D eigenvalue weighted by Crippen LogP contribution is 2.39. The van der Waals surface area contributed by atoms with Crippen LogP contribution in [0.5, 0.6) is 0 Å². The molecule has 1 aliphatic heterocycles. The Hall–Kier alpha value is -2.71. The number of halogens is 1. The molecule has 8 nitrogen and oxygen atoms in total. The molecular weight excluding hydrogens is 438 g/mol. The van der Waals surface area contributed by atoms with Crippen LogP contribution in [0.4, 0.5) is 11.5 Å². The number of hydrogen-bond acceptors (Lipinski definition) is 6. The van der Waals surface area contributed by atoms with Crippen molar-refractivity contribution in [2.75, 3.05) is 16.8 Å². The maximum Gasteiger partial charge on any atom is 0.275 e. The molecule has 4 heterocycles. The first-order valence-corrected chi connectivity index (χ1v) is 12.2. The van der Waals surface area contributed by atoms with Crippen LogP contribution in [-0.4, -0.2) is 49.9 Å². The van der Waals surface area contributed by atoms with Gasteiger partial charge in [-0.2, -0.15) is 0 Å². The molecule has 3 aromatic heterocycles. The summed E-state index contributed by atoms with van der Waals surface area (Å²) in [4.78, 5) is 28.7. The molecule has 9 heteroatoms. The van der Waals surface area contributed by atoms with E-state index in [4.69, 9.17) is 11.6 Å². The van der Waals surface area contributed by atoms with Crippen molar-refractivity contribution in [3.8, 4) is 0 Å². The number of nitrogens with zero attached hydrogens (tertiary/aromatic N) is 5. The van der Waals surface area contributed by atoms with Crippen LogP contribution in [0, 0.1) is 12.8 Å². The fourth-order valence-electron chi connectivity index (χ4n) is 5.21. The van der Waals surface area contributed by atoms with E-state index in [9.17, 15) is 4.79 Å². The Morgan fingerprint density at radius 3 is 2.67 bits per heavy atom. The van der Waals surface area contributed by atoms with E-state index in [0.29, 0.717) is 34.5 Å². The van der Waals surface area contributed by atoms with Crippen molar-refractivity contribution in [2.24, 2.45) is 5.92 Å². The molecule has 0 bridgehead atoms. The maximum absolute atomic E-state index is 12.8. The van der Waals surface area contributed by atoms with Crippen LogP contribution in [0.25, 0.3) is 5.65 Å². The summed E-state index contributed by atoms with van der Waals surface area (Å²) in [6.45, 7) is 2.88. The highest BCUT2D eigenvalue weighted by atomic mass is 35.5. The number of aryl methyl sites for hydroxylation is 1. The Labute approximate surface area is 197 Å². The SMILES string of the molecule is Cc1cn2cc(NC(=O)c3cnc(N4CC[C@@H](NC5CC5)C4C4CCC4)cn3)cc(Cl)c2n1. The summed E-state index contributed by atoms with van der Waals surface area (Å²) in [5.74, 6) is 1.27. The summed E-state index contributed by atoms with van der Waals surface area (Å²) >= 11 is 6.33. The second-order valence-electron chi connectivity index (χ2n) is 9.61. The number of carbonyl (C=O) groups is 1. The van der Waals surface area contributed by atoms with E-state index < -0.39 is 0 Å². The topological polar surface area (TPSA) is 87.5 Å². The first kappa shape index (κ1) is 20.9. The predicted molar refractivity (Wildman–Crippen MR) is 128 cm³/mol. The van der Waals surface area contributed by atoms with Crippen molar-refractivity contribution in [1.82, 2.24) is 24.7 Å². The standard InChI is InChI=1S/C24H28ClN7O/c1-14-12-31-13-17(9-18(25)23(31)28-14)30-24(33)20-10-27-21(11-26-20)32-8-7-19(29-16-5-6-16)22(32)15-3-2-4-15/h9-13,15-16,19,22,29H,2-8H2,1H3,(H,30,33)/t19-,22?/m1/s1. The van der Waals surface area contributed by atoms with Gasteiger partial charge >= 0.3 is 0 Å². The zero-order valence-corrected chi connectivity index (χ0v) is 19.4. The van der Waals surface area contributed by atoms with Gasteiger partial charge in [-0.25, -0.2) is 15.0 Å². The lowest BCUT2D eigenvalue weighted by molar-refractivity contribution is 0.102. The van der Waals surface area contributed by atoms with Gasteiger partial charge in [-0.1, -0.05) is 18.0 Å². The number of amides is 1. The highest BCUT2D eigenvalue weighted by Gasteiger charge is 2.43. The number of fused-ring (bicyclic) bond motifs is 1. The fraction of sp³-hybridized carbons (Fsp3) is 0.500. The normalized spacial score (nSPS) is 23.2. The Balaban J connectivity index is 1.17. The minimum atomic E-state index is -0.313. The summed E-state index contributed by atoms with van der Waals surface area (Å²) in [7, 11) is 0. The largest absolute Gasteiger partial charge is 0.350 e. The Bertz CT molecular complexity index is 1190. The van der Waals surface area contributed by atoms with Crippen LogP contribution >= 0.6 is 11.6 Å². The minimum absolute atomic E-state index is 0.281. The van der Waals surface area contributed by atoms with Gasteiger partial charge in [0.15, 0.2) is 5.65 Å². The van der Waals surface area contributed by atoms with E-state index in [2.05, 4.69) is 30.5 Å². The molecule has 3 aromatic rings. The molecule has 1 amide bonds. The van der Waals surface area contributed by atoms with E-state index in [-0.39, 0.29) is 11.6 Å². The summed E-state index contributed by atoms with van der Waals surface area (Å²) in [5, 5.41) is 7.21. The zero-order chi connectivity index (χ0) is 22.5. The van der Waals surface area contributed by atoms with Crippen LogP contribution < -0.4 is 15.5 Å². The molecule has 1 saturated heterocycles. The Kier molecular flexibility index (Phi) is 5.22. The molecule has 172 valence electrons. The van der Waals surface area contributed by atoms with Gasteiger partial charge in [0, 0.05) is 37.1 Å². The molecular formula is C24H28ClN7O. The molecule has 2 atom stereocenters. The van der Waals surface area contributed by atoms with Crippen molar-refractivity contribution in [1.29, 1.82) is 0 Å². The molecule has 6 rings (SSSR count). The van der Waals surface area contributed by atoms with Gasteiger partial charge in [-0.15, -0.1) is 0 Å². The molecule has 3 fully saturated rings. The molecule has 2 saturated carbocycles. The van der Waals surface area contributed by atoms with Crippen LogP contribution in [0.1, 0.15) is 54.7 Å². The van der Waals surface area contributed by atoms with E-state index in [0.717, 1.165) is 30.4 Å². The van der Waals surface area contributed by atoms with Gasteiger partial charge in [0.1, 0.15) is 11.5 Å². The van der Waals surface area contributed by atoms with Gasteiger partial charge in [0.2, 0.25) is 0 Å². The monoisotopic (exact) mass is 465 g/mol. The number of carbonyl (C=O) groups excluding carboxylic acids is 1. The number of rotatable bonds is 6. The number of hydrogen-bond donors (Lipinski definition) is 2. The van der Waals surface area contributed by atoms with Crippen molar-refractivity contribution >= 4 is 34.7 Å². The van der Waals surface area contributed by atoms with Crippen LogP contribution in [0.15, 0.2) is 30.9 Å². The van der Waals surface area contributed by atoms with Gasteiger partial charge in [-0.3, -0.25) is 4.79 Å². The maximum atomic E-state index is 12.8. The Morgan fingerprint density at radius 1 is 1.12 bits per heavy atom. The van der Waals surface area contributed by atoms with Crippen molar-refractivity contribution < 1.29 is 4.79 Å². The lowest BCUT2D eigenvalue weighted by Crippen LogP contribution is -2.50. The molecule has 0 aromatic carbocycles. The third kappa shape index (κ3) is 4.06. The van der Waals surface area contributed by atoms with Crippen molar-refractivity contribution in [2.45, 2.75) is 63.6 Å². The zero-order valence-electron chi connectivity index (χ0n) is 18.7. The molecule has 2 N–H and O–H groups in total. The first-order valence-electron chi connectivity index (χ1n) is 11.9. The molecule has 0 spiro atoms. The van der Waals surface area contributed by atoms with Gasteiger partial charge < -0.3 is 19.9 Å². The highest BCUT2D eigenvalue weighted by molar-refractivity contribution is 6.33. The summed E-state index contributed by atoms with van der Waals surface area (Å²) in [5.41, 5.74) is 2.39. The fourth-order valence-corrected chi connectivity index (χ4v) is 5.47. The smallest absolute Gasteiger partial charge is 0.275 e. The van der Waals surface area contributed by atoms with E-state index in [1.165, 1.54) is 32.1 Å². The van der Waals surface area contributed by atoms with E-state index >= 15 is 0 Å². The second kappa shape index (κ2) is 8.25.